The Morgan fingerprint density at radius 3 is 2.59 bits per heavy atom. The molecule has 2 aromatic rings. The summed E-state index contributed by atoms with van der Waals surface area (Å²) >= 11 is 12.2. The van der Waals surface area contributed by atoms with Crippen LogP contribution in [0.25, 0.3) is 0 Å². The van der Waals surface area contributed by atoms with Crippen molar-refractivity contribution < 1.29 is 13.9 Å². The summed E-state index contributed by atoms with van der Waals surface area (Å²) in [6.45, 7) is 0.614. The van der Waals surface area contributed by atoms with Crippen LogP contribution in [0, 0.1) is 5.82 Å². The number of hydrogen-bond donors (Lipinski definition) is 1. The average Bonchev–Trinajstić information content (AvgIpc) is 2.48. The van der Waals surface area contributed by atoms with Gasteiger partial charge in [0.2, 0.25) is 0 Å². The lowest BCUT2D eigenvalue weighted by Crippen LogP contribution is -2.06. The van der Waals surface area contributed by atoms with Crippen LogP contribution in [0.3, 0.4) is 0 Å². The summed E-state index contributed by atoms with van der Waals surface area (Å²) < 4.78 is 24.7. The van der Waals surface area contributed by atoms with Crippen molar-refractivity contribution >= 4 is 23.2 Å². The second kappa shape index (κ2) is 7.68. The molecule has 3 nitrogen and oxygen atoms in total. The molecule has 2 aromatic carbocycles. The average molecular weight is 344 g/mol. The first-order valence-electron chi connectivity index (χ1n) is 6.63. The molecule has 0 amide bonds. The lowest BCUT2D eigenvalue weighted by atomic mass is 10.2. The summed E-state index contributed by atoms with van der Waals surface area (Å²) in [6, 6.07) is 8.08. The number of nitrogens with one attached hydrogen (secondary N) is 1. The molecular weight excluding hydrogens is 328 g/mol. The second-order valence-corrected chi connectivity index (χ2v) is 5.44. The monoisotopic (exact) mass is 343 g/mol. The molecule has 0 fully saturated rings. The van der Waals surface area contributed by atoms with E-state index in [0.717, 1.165) is 5.56 Å². The van der Waals surface area contributed by atoms with E-state index in [2.05, 4.69) is 5.32 Å². The zero-order valence-corrected chi connectivity index (χ0v) is 13.8. The number of methoxy groups -OCH3 is 1. The molecule has 1 N–H and O–H groups in total. The minimum Gasteiger partial charge on any atom is -0.493 e. The Hall–Kier alpha value is -1.49. The van der Waals surface area contributed by atoms with Gasteiger partial charge in [0.15, 0.2) is 11.5 Å². The minimum absolute atomic E-state index is 0.0348. The number of hydrogen-bond acceptors (Lipinski definition) is 3. The van der Waals surface area contributed by atoms with Crippen molar-refractivity contribution in [2.75, 3.05) is 14.2 Å². The molecule has 0 saturated heterocycles. The summed E-state index contributed by atoms with van der Waals surface area (Å²) in [6.07, 6.45) is 0. The van der Waals surface area contributed by atoms with Crippen LogP contribution in [-0.4, -0.2) is 14.2 Å². The minimum atomic E-state index is -0.422. The van der Waals surface area contributed by atoms with Crippen LogP contribution in [0.1, 0.15) is 11.1 Å². The largest absolute Gasteiger partial charge is 0.493 e. The lowest BCUT2D eigenvalue weighted by molar-refractivity contribution is 0.280. The molecule has 0 spiro atoms. The first-order valence-corrected chi connectivity index (χ1v) is 7.39. The maximum atomic E-state index is 13.8. The van der Waals surface area contributed by atoms with Crippen LogP contribution < -0.4 is 14.8 Å². The van der Waals surface area contributed by atoms with Crippen LogP contribution in [0.5, 0.6) is 11.5 Å². The third-order valence-corrected chi connectivity index (χ3v) is 3.73. The smallest absolute Gasteiger partial charge is 0.180 e. The molecule has 6 heteroatoms. The zero-order valence-electron chi connectivity index (χ0n) is 12.3. The highest BCUT2D eigenvalue weighted by Gasteiger charge is 2.14. The Morgan fingerprint density at radius 2 is 1.95 bits per heavy atom. The highest BCUT2D eigenvalue weighted by atomic mass is 35.5. The highest BCUT2D eigenvalue weighted by Crippen LogP contribution is 2.37. The topological polar surface area (TPSA) is 30.5 Å². The Labute approximate surface area is 138 Å². The summed E-state index contributed by atoms with van der Waals surface area (Å²) in [5.41, 5.74) is 1.24. The van der Waals surface area contributed by atoms with E-state index < -0.39 is 5.82 Å². The van der Waals surface area contributed by atoms with E-state index in [9.17, 15) is 4.39 Å². The Kier molecular flexibility index (Phi) is 5.89. The number of rotatable bonds is 6. The Balaban J connectivity index is 2.26. The third-order valence-electron chi connectivity index (χ3n) is 3.09. The molecule has 0 unspecified atom stereocenters. The third kappa shape index (κ3) is 3.83. The highest BCUT2D eigenvalue weighted by molar-refractivity contribution is 6.32. The maximum Gasteiger partial charge on any atom is 0.180 e. The van der Waals surface area contributed by atoms with Crippen LogP contribution in [-0.2, 0) is 13.2 Å². The molecule has 0 radical (unpaired) electrons. The molecule has 0 aromatic heterocycles. The van der Waals surface area contributed by atoms with E-state index in [4.69, 9.17) is 32.7 Å². The summed E-state index contributed by atoms with van der Waals surface area (Å²) in [5.74, 6) is 0.433. The van der Waals surface area contributed by atoms with Gasteiger partial charge >= 0.3 is 0 Å². The molecule has 0 aliphatic carbocycles. The van der Waals surface area contributed by atoms with Crippen LogP contribution >= 0.6 is 23.2 Å². The second-order valence-electron chi connectivity index (χ2n) is 4.63. The van der Waals surface area contributed by atoms with Crippen molar-refractivity contribution in [2.45, 2.75) is 13.2 Å². The SMILES string of the molecule is CNCc1cc(Cl)c(OCc2c(F)cccc2Cl)c(OC)c1. The Bertz CT molecular complexity index is 645. The normalized spacial score (nSPS) is 10.6. The summed E-state index contributed by atoms with van der Waals surface area (Å²) in [5, 5.41) is 3.74. The van der Waals surface area contributed by atoms with Crippen molar-refractivity contribution in [3.8, 4) is 11.5 Å². The van der Waals surface area contributed by atoms with Crippen LogP contribution in [0.4, 0.5) is 4.39 Å². The quantitative estimate of drug-likeness (QED) is 0.840. The van der Waals surface area contributed by atoms with Gasteiger partial charge in [-0.3, -0.25) is 0 Å². The van der Waals surface area contributed by atoms with Crippen molar-refractivity contribution in [3.63, 3.8) is 0 Å². The fourth-order valence-corrected chi connectivity index (χ4v) is 2.54. The van der Waals surface area contributed by atoms with Gasteiger partial charge in [-0.25, -0.2) is 4.39 Å². The maximum absolute atomic E-state index is 13.8. The van der Waals surface area contributed by atoms with Gasteiger partial charge in [0, 0.05) is 12.1 Å². The first kappa shape index (κ1) is 16.9. The molecule has 0 aliphatic rings. The number of benzene rings is 2. The molecule has 0 saturated carbocycles. The van der Waals surface area contributed by atoms with Crippen molar-refractivity contribution in [3.05, 3.63) is 57.3 Å². The lowest BCUT2D eigenvalue weighted by Gasteiger charge is -2.15. The molecule has 2 rings (SSSR count). The fourth-order valence-electron chi connectivity index (χ4n) is 2.03. The Morgan fingerprint density at radius 1 is 1.18 bits per heavy atom. The fraction of sp³-hybridized carbons (Fsp3) is 0.250. The van der Waals surface area contributed by atoms with Crippen LogP contribution in [0.2, 0.25) is 10.0 Å². The molecule has 22 heavy (non-hydrogen) atoms. The molecule has 0 aliphatic heterocycles. The van der Waals surface area contributed by atoms with Gasteiger partial charge in [-0.1, -0.05) is 29.3 Å². The molecule has 0 bridgehead atoms. The summed E-state index contributed by atoms with van der Waals surface area (Å²) in [7, 11) is 3.36. The van der Waals surface area contributed by atoms with Crippen molar-refractivity contribution in [1.29, 1.82) is 0 Å². The van der Waals surface area contributed by atoms with Gasteiger partial charge in [0.05, 0.1) is 17.2 Å². The molecule has 118 valence electrons. The van der Waals surface area contributed by atoms with Gasteiger partial charge in [-0.05, 0) is 36.9 Å². The van der Waals surface area contributed by atoms with E-state index in [1.807, 2.05) is 13.1 Å². The van der Waals surface area contributed by atoms with Crippen LogP contribution in [0.15, 0.2) is 30.3 Å². The number of halogens is 3. The predicted molar refractivity (Wildman–Crippen MR) is 86.5 cm³/mol. The van der Waals surface area contributed by atoms with Gasteiger partial charge in [-0.2, -0.15) is 0 Å². The van der Waals surface area contributed by atoms with Gasteiger partial charge in [0.25, 0.3) is 0 Å². The van der Waals surface area contributed by atoms with Crippen molar-refractivity contribution in [1.82, 2.24) is 5.32 Å². The zero-order chi connectivity index (χ0) is 16.1. The van der Waals surface area contributed by atoms with E-state index in [1.165, 1.54) is 13.2 Å². The molecular formula is C16H16Cl2FNO2. The van der Waals surface area contributed by atoms with Gasteiger partial charge in [0.1, 0.15) is 12.4 Å². The number of ether oxygens (including phenoxy) is 2. The standard InChI is InChI=1S/C16H16Cl2FNO2/c1-20-8-10-6-13(18)16(15(7-10)21-2)22-9-11-12(17)4-3-5-14(11)19/h3-7,20H,8-9H2,1-2H3. The summed E-state index contributed by atoms with van der Waals surface area (Å²) in [4.78, 5) is 0. The predicted octanol–water partition coefficient (Wildman–Crippen LogP) is 4.44. The van der Waals surface area contributed by atoms with E-state index >= 15 is 0 Å². The van der Waals surface area contributed by atoms with Gasteiger partial charge in [-0.15, -0.1) is 0 Å². The van der Waals surface area contributed by atoms with E-state index in [-0.39, 0.29) is 12.2 Å². The molecule has 0 heterocycles. The first-order chi connectivity index (χ1) is 10.6. The van der Waals surface area contributed by atoms with Crippen molar-refractivity contribution in [2.24, 2.45) is 0 Å². The van der Waals surface area contributed by atoms with E-state index in [0.29, 0.717) is 28.1 Å². The van der Waals surface area contributed by atoms with Gasteiger partial charge < -0.3 is 14.8 Å². The molecule has 0 atom stereocenters. The van der Waals surface area contributed by atoms with E-state index in [1.54, 1.807) is 18.2 Å².